The zero-order valence-corrected chi connectivity index (χ0v) is 10.0. The SMILES string of the molecule is O=C1CC[C@H](C(=O)NCc2cc(C(=O)O)ccn2)N1. The fourth-order valence-corrected chi connectivity index (χ4v) is 1.82. The first-order valence-electron chi connectivity index (χ1n) is 5.81. The van der Waals surface area contributed by atoms with Gasteiger partial charge in [0.2, 0.25) is 11.8 Å². The van der Waals surface area contributed by atoms with E-state index in [0.29, 0.717) is 18.5 Å². The highest BCUT2D eigenvalue weighted by atomic mass is 16.4. The fraction of sp³-hybridized carbons (Fsp3) is 0.333. The van der Waals surface area contributed by atoms with E-state index in [1.54, 1.807) is 0 Å². The second-order valence-electron chi connectivity index (χ2n) is 4.22. The van der Waals surface area contributed by atoms with Gasteiger partial charge in [-0.3, -0.25) is 14.6 Å². The van der Waals surface area contributed by atoms with Crippen LogP contribution in [0.4, 0.5) is 0 Å². The predicted molar refractivity (Wildman–Crippen MR) is 64.2 cm³/mol. The molecule has 1 saturated heterocycles. The summed E-state index contributed by atoms with van der Waals surface area (Å²) in [5, 5.41) is 14.0. The topological polar surface area (TPSA) is 108 Å². The summed E-state index contributed by atoms with van der Waals surface area (Å²) in [6.07, 6.45) is 2.21. The average Bonchev–Trinajstić information content (AvgIpc) is 2.83. The molecule has 0 radical (unpaired) electrons. The van der Waals surface area contributed by atoms with Crippen molar-refractivity contribution in [2.45, 2.75) is 25.4 Å². The van der Waals surface area contributed by atoms with Crippen LogP contribution in [0, 0.1) is 0 Å². The van der Waals surface area contributed by atoms with Crippen molar-refractivity contribution in [2.24, 2.45) is 0 Å². The summed E-state index contributed by atoms with van der Waals surface area (Å²) in [5.74, 6) is -1.46. The third-order valence-electron chi connectivity index (χ3n) is 2.82. The number of carboxylic acids is 1. The minimum absolute atomic E-state index is 0.119. The summed E-state index contributed by atoms with van der Waals surface area (Å²) in [6, 6.07) is 2.27. The van der Waals surface area contributed by atoms with E-state index in [9.17, 15) is 14.4 Å². The van der Waals surface area contributed by atoms with E-state index in [-0.39, 0.29) is 23.9 Å². The summed E-state index contributed by atoms with van der Waals surface area (Å²) in [6.45, 7) is 0.131. The zero-order chi connectivity index (χ0) is 13.8. The molecule has 2 rings (SSSR count). The van der Waals surface area contributed by atoms with E-state index in [2.05, 4.69) is 15.6 Å². The number of aromatic carboxylic acids is 1. The Hall–Kier alpha value is -2.44. The maximum absolute atomic E-state index is 11.7. The monoisotopic (exact) mass is 263 g/mol. The van der Waals surface area contributed by atoms with E-state index < -0.39 is 12.0 Å². The van der Waals surface area contributed by atoms with E-state index in [1.807, 2.05) is 0 Å². The van der Waals surface area contributed by atoms with Crippen LogP contribution in [0.2, 0.25) is 0 Å². The van der Waals surface area contributed by atoms with Crippen molar-refractivity contribution >= 4 is 17.8 Å². The molecule has 1 aromatic rings. The molecule has 19 heavy (non-hydrogen) atoms. The smallest absolute Gasteiger partial charge is 0.335 e. The Morgan fingerprint density at radius 2 is 2.32 bits per heavy atom. The number of nitrogens with zero attached hydrogens (tertiary/aromatic N) is 1. The molecule has 1 aromatic heterocycles. The minimum atomic E-state index is -1.04. The Morgan fingerprint density at radius 1 is 1.53 bits per heavy atom. The van der Waals surface area contributed by atoms with Crippen molar-refractivity contribution in [1.82, 2.24) is 15.6 Å². The Labute approximate surface area is 109 Å². The molecular weight excluding hydrogens is 250 g/mol. The molecule has 1 aliphatic heterocycles. The van der Waals surface area contributed by atoms with Crippen LogP contribution in [0.5, 0.6) is 0 Å². The quantitative estimate of drug-likeness (QED) is 0.689. The van der Waals surface area contributed by atoms with Gasteiger partial charge in [0.05, 0.1) is 17.8 Å². The molecule has 100 valence electrons. The first kappa shape index (κ1) is 13.0. The maximum atomic E-state index is 11.7. The van der Waals surface area contributed by atoms with E-state index in [4.69, 9.17) is 5.11 Å². The number of hydrogen-bond acceptors (Lipinski definition) is 4. The van der Waals surface area contributed by atoms with Gasteiger partial charge in [0.25, 0.3) is 0 Å². The molecular formula is C12H13N3O4. The number of pyridine rings is 1. The van der Waals surface area contributed by atoms with Gasteiger partial charge in [0, 0.05) is 12.6 Å². The van der Waals surface area contributed by atoms with Crippen molar-refractivity contribution in [2.75, 3.05) is 0 Å². The average molecular weight is 263 g/mol. The Morgan fingerprint density at radius 3 is 2.95 bits per heavy atom. The zero-order valence-electron chi connectivity index (χ0n) is 10.0. The number of hydrogen-bond donors (Lipinski definition) is 3. The van der Waals surface area contributed by atoms with Crippen LogP contribution in [-0.2, 0) is 16.1 Å². The standard InChI is InChI=1S/C12H13N3O4/c16-10-2-1-9(15-10)11(17)14-6-8-5-7(12(18)19)3-4-13-8/h3-5,9H,1-2,6H2,(H,14,17)(H,15,16)(H,18,19)/t9-/m1/s1. The molecule has 2 amide bonds. The van der Waals surface area contributed by atoms with Crippen LogP contribution in [0.1, 0.15) is 28.9 Å². The lowest BCUT2D eigenvalue weighted by molar-refractivity contribution is -0.125. The fourth-order valence-electron chi connectivity index (χ4n) is 1.82. The molecule has 3 N–H and O–H groups in total. The lowest BCUT2D eigenvalue weighted by atomic mass is 10.2. The van der Waals surface area contributed by atoms with Crippen molar-refractivity contribution < 1.29 is 19.5 Å². The number of nitrogens with one attached hydrogen (secondary N) is 2. The van der Waals surface area contributed by atoms with Crippen LogP contribution in [0.15, 0.2) is 18.3 Å². The predicted octanol–water partition coefficient (Wildman–Crippen LogP) is -0.325. The summed E-state index contributed by atoms with van der Waals surface area (Å²) < 4.78 is 0. The van der Waals surface area contributed by atoms with Gasteiger partial charge in [-0.1, -0.05) is 0 Å². The second kappa shape index (κ2) is 5.47. The largest absolute Gasteiger partial charge is 0.478 e. The van der Waals surface area contributed by atoms with Crippen molar-refractivity contribution in [1.29, 1.82) is 0 Å². The number of carbonyl (C=O) groups excluding carboxylic acids is 2. The van der Waals surface area contributed by atoms with Crippen LogP contribution >= 0.6 is 0 Å². The highest BCUT2D eigenvalue weighted by Gasteiger charge is 2.26. The van der Waals surface area contributed by atoms with Gasteiger partial charge in [-0.25, -0.2) is 4.79 Å². The number of rotatable bonds is 4. The molecule has 2 heterocycles. The Balaban J connectivity index is 1.91. The van der Waals surface area contributed by atoms with Gasteiger partial charge >= 0.3 is 5.97 Å². The first-order valence-corrected chi connectivity index (χ1v) is 5.81. The molecule has 7 nitrogen and oxygen atoms in total. The van der Waals surface area contributed by atoms with Gasteiger partial charge in [-0.15, -0.1) is 0 Å². The van der Waals surface area contributed by atoms with Gasteiger partial charge in [0.15, 0.2) is 0 Å². The van der Waals surface area contributed by atoms with Gasteiger partial charge in [-0.05, 0) is 18.6 Å². The van der Waals surface area contributed by atoms with Crippen molar-refractivity contribution in [3.63, 3.8) is 0 Å². The molecule has 1 aliphatic rings. The molecule has 0 bridgehead atoms. The molecule has 0 unspecified atom stereocenters. The molecule has 0 spiro atoms. The lowest BCUT2D eigenvalue weighted by Gasteiger charge is -2.10. The van der Waals surface area contributed by atoms with Crippen molar-refractivity contribution in [3.05, 3.63) is 29.6 Å². The highest BCUT2D eigenvalue weighted by molar-refractivity contribution is 5.90. The molecule has 0 aromatic carbocycles. The van der Waals surface area contributed by atoms with E-state index >= 15 is 0 Å². The molecule has 7 heteroatoms. The van der Waals surface area contributed by atoms with Gasteiger partial charge < -0.3 is 15.7 Å². The molecule has 0 saturated carbocycles. The summed E-state index contributed by atoms with van der Waals surface area (Å²) in [7, 11) is 0. The number of carboxylic acid groups (broad SMARTS) is 1. The highest BCUT2D eigenvalue weighted by Crippen LogP contribution is 2.07. The third kappa shape index (κ3) is 3.27. The lowest BCUT2D eigenvalue weighted by Crippen LogP contribution is -2.41. The Kier molecular flexibility index (Phi) is 3.74. The van der Waals surface area contributed by atoms with Crippen LogP contribution in [0.25, 0.3) is 0 Å². The summed E-state index contributed by atoms with van der Waals surface area (Å²) in [4.78, 5) is 37.4. The van der Waals surface area contributed by atoms with E-state index in [0.717, 1.165) is 0 Å². The molecule has 1 atom stereocenters. The van der Waals surface area contributed by atoms with Crippen molar-refractivity contribution in [3.8, 4) is 0 Å². The summed E-state index contributed by atoms with van der Waals surface area (Å²) in [5.41, 5.74) is 0.575. The van der Waals surface area contributed by atoms with Gasteiger partial charge in [0.1, 0.15) is 6.04 Å². The normalized spacial score (nSPS) is 17.9. The number of carbonyl (C=O) groups is 3. The second-order valence-corrected chi connectivity index (χ2v) is 4.22. The molecule has 1 fully saturated rings. The Bertz CT molecular complexity index is 529. The first-order chi connectivity index (χ1) is 9.06. The van der Waals surface area contributed by atoms with E-state index in [1.165, 1.54) is 18.3 Å². The number of aromatic nitrogens is 1. The summed E-state index contributed by atoms with van der Waals surface area (Å²) >= 11 is 0. The van der Waals surface area contributed by atoms with Crippen LogP contribution in [0.3, 0.4) is 0 Å². The minimum Gasteiger partial charge on any atom is -0.478 e. The maximum Gasteiger partial charge on any atom is 0.335 e. The van der Waals surface area contributed by atoms with Crippen LogP contribution < -0.4 is 10.6 Å². The number of amides is 2. The van der Waals surface area contributed by atoms with Gasteiger partial charge in [-0.2, -0.15) is 0 Å². The third-order valence-corrected chi connectivity index (χ3v) is 2.82. The van der Waals surface area contributed by atoms with Crippen LogP contribution in [-0.4, -0.2) is 33.9 Å². The molecule has 0 aliphatic carbocycles.